The van der Waals surface area contributed by atoms with Crippen LogP contribution >= 0.6 is 0 Å². The third kappa shape index (κ3) is 2.42. The highest BCUT2D eigenvalue weighted by molar-refractivity contribution is 5.96. The largest absolute Gasteiger partial charge is 0.478 e. The summed E-state index contributed by atoms with van der Waals surface area (Å²) in [6.07, 6.45) is 1.79. The Labute approximate surface area is 117 Å². The van der Waals surface area contributed by atoms with E-state index < -0.39 is 12.1 Å². The maximum atomic E-state index is 11.2. The summed E-state index contributed by atoms with van der Waals surface area (Å²) in [6.45, 7) is 4.02. The Hall–Kier alpha value is -1.85. The number of aliphatic hydroxyl groups excluding tert-OH is 2. The number of aliphatic hydroxyl groups is 2. The third-order valence-electron chi connectivity index (χ3n) is 3.50. The number of aryl methyl sites for hydroxylation is 1. The van der Waals surface area contributed by atoms with Crippen LogP contribution in [-0.4, -0.2) is 32.5 Å². The van der Waals surface area contributed by atoms with E-state index >= 15 is 0 Å². The van der Waals surface area contributed by atoms with Crippen LogP contribution in [-0.2, 0) is 13.0 Å². The van der Waals surface area contributed by atoms with Crippen molar-refractivity contribution in [2.24, 2.45) is 0 Å². The number of rotatable bonds is 5. The van der Waals surface area contributed by atoms with Crippen LogP contribution in [0, 0.1) is 0 Å². The second-order valence-electron chi connectivity index (χ2n) is 4.87. The molecule has 2 rings (SSSR count). The summed E-state index contributed by atoms with van der Waals surface area (Å²) in [4.78, 5) is 11.2. The number of aromatic nitrogens is 1. The van der Waals surface area contributed by atoms with Gasteiger partial charge in [-0.1, -0.05) is 6.92 Å². The predicted molar refractivity (Wildman–Crippen MR) is 76.0 cm³/mol. The van der Waals surface area contributed by atoms with Crippen LogP contribution in [0.2, 0.25) is 0 Å². The molecule has 0 aliphatic carbocycles. The Bertz CT molecular complexity index is 643. The van der Waals surface area contributed by atoms with Crippen molar-refractivity contribution in [3.8, 4) is 0 Å². The molecule has 5 nitrogen and oxygen atoms in total. The molecule has 1 heterocycles. The first-order chi connectivity index (χ1) is 9.49. The van der Waals surface area contributed by atoms with E-state index in [-0.39, 0.29) is 12.2 Å². The molecule has 1 unspecified atom stereocenters. The van der Waals surface area contributed by atoms with E-state index in [0.29, 0.717) is 18.5 Å². The Morgan fingerprint density at radius 2 is 2.10 bits per heavy atom. The van der Waals surface area contributed by atoms with Gasteiger partial charge in [0.05, 0.1) is 23.8 Å². The molecular weight excluding hydrogens is 258 g/mol. The number of carbonyl (C=O) groups is 1. The Morgan fingerprint density at radius 1 is 1.40 bits per heavy atom. The van der Waals surface area contributed by atoms with E-state index in [0.717, 1.165) is 16.5 Å². The second kappa shape index (κ2) is 5.64. The zero-order chi connectivity index (χ0) is 14.9. The van der Waals surface area contributed by atoms with Crippen molar-refractivity contribution in [1.29, 1.82) is 0 Å². The molecule has 1 aromatic carbocycles. The van der Waals surface area contributed by atoms with Gasteiger partial charge in [-0.05, 0) is 31.0 Å². The van der Waals surface area contributed by atoms with Crippen molar-refractivity contribution in [2.75, 3.05) is 6.61 Å². The van der Waals surface area contributed by atoms with Crippen molar-refractivity contribution in [3.05, 3.63) is 35.0 Å². The molecule has 0 fully saturated rings. The molecule has 1 aromatic heterocycles. The van der Waals surface area contributed by atoms with Crippen molar-refractivity contribution in [2.45, 2.75) is 32.9 Å². The number of carboxylic acids is 1. The summed E-state index contributed by atoms with van der Waals surface area (Å²) in [5.41, 5.74) is 2.70. The lowest BCUT2D eigenvalue weighted by atomic mass is 10.0. The van der Waals surface area contributed by atoms with Crippen LogP contribution in [0.4, 0.5) is 0 Å². The summed E-state index contributed by atoms with van der Waals surface area (Å²) in [6, 6.07) is 3.25. The summed E-state index contributed by atoms with van der Waals surface area (Å²) in [5.74, 6) is -0.979. The van der Waals surface area contributed by atoms with Gasteiger partial charge in [0.1, 0.15) is 0 Å². The maximum Gasteiger partial charge on any atom is 0.335 e. The molecule has 0 saturated carbocycles. The number of hydrogen-bond donors (Lipinski definition) is 3. The van der Waals surface area contributed by atoms with E-state index in [1.54, 1.807) is 25.3 Å². The van der Waals surface area contributed by atoms with Crippen molar-refractivity contribution in [1.82, 2.24) is 4.57 Å². The first-order valence-corrected chi connectivity index (χ1v) is 6.67. The van der Waals surface area contributed by atoms with Crippen molar-refractivity contribution < 1.29 is 20.1 Å². The number of benzene rings is 1. The molecule has 0 radical (unpaired) electrons. The molecule has 5 heteroatoms. The second-order valence-corrected chi connectivity index (χ2v) is 4.87. The molecule has 0 aliphatic heterocycles. The number of fused-ring (bicyclic) bond motifs is 1. The monoisotopic (exact) mass is 277 g/mol. The molecule has 20 heavy (non-hydrogen) atoms. The van der Waals surface area contributed by atoms with Gasteiger partial charge in [0.15, 0.2) is 0 Å². The zero-order valence-corrected chi connectivity index (χ0v) is 11.6. The van der Waals surface area contributed by atoms with Crippen LogP contribution < -0.4 is 0 Å². The minimum atomic E-state index is -0.979. The smallest absolute Gasteiger partial charge is 0.335 e. The fourth-order valence-corrected chi connectivity index (χ4v) is 2.57. The topological polar surface area (TPSA) is 82.7 Å². The van der Waals surface area contributed by atoms with Crippen LogP contribution in [0.1, 0.15) is 41.4 Å². The van der Waals surface area contributed by atoms with Gasteiger partial charge in [-0.3, -0.25) is 0 Å². The molecular formula is C15H19NO4. The van der Waals surface area contributed by atoms with Gasteiger partial charge in [0, 0.05) is 23.7 Å². The van der Waals surface area contributed by atoms with E-state index in [1.165, 1.54) is 0 Å². The van der Waals surface area contributed by atoms with Crippen LogP contribution in [0.3, 0.4) is 0 Å². The first kappa shape index (κ1) is 14.6. The van der Waals surface area contributed by atoms with E-state index in [9.17, 15) is 15.0 Å². The van der Waals surface area contributed by atoms with Gasteiger partial charge in [-0.25, -0.2) is 4.79 Å². The lowest BCUT2D eigenvalue weighted by Gasteiger charge is -2.09. The minimum Gasteiger partial charge on any atom is -0.478 e. The Morgan fingerprint density at radius 3 is 2.60 bits per heavy atom. The highest BCUT2D eigenvalue weighted by atomic mass is 16.4. The molecule has 108 valence electrons. The van der Waals surface area contributed by atoms with Crippen molar-refractivity contribution in [3.63, 3.8) is 0 Å². The number of hydrogen-bond acceptors (Lipinski definition) is 3. The molecule has 1 atom stereocenters. The van der Waals surface area contributed by atoms with Crippen LogP contribution in [0.25, 0.3) is 10.9 Å². The van der Waals surface area contributed by atoms with E-state index in [4.69, 9.17) is 5.11 Å². The minimum absolute atomic E-state index is 0.00708. The van der Waals surface area contributed by atoms with Gasteiger partial charge in [0.2, 0.25) is 0 Å². The van der Waals surface area contributed by atoms with E-state index in [2.05, 4.69) is 0 Å². The van der Waals surface area contributed by atoms with Gasteiger partial charge < -0.3 is 19.9 Å². The number of nitrogens with zero attached hydrogens (tertiary/aromatic N) is 1. The molecule has 2 aromatic rings. The van der Waals surface area contributed by atoms with E-state index in [1.807, 2.05) is 11.5 Å². The number of carboxylic acid groups (broad SMARTS) is 1. The van der Waals surface area contributed by atoms with Gasteiger partial charge in [0.25, 0.3) is 0 Å². The highest BCUT2D eigenvalue weighted by Gasteiger charge is 2.17. The number of aromatic carboxylic acids is 1. The molecule has 0 spiro atoms. The Balaban J connectivity index is 2.81. The highest BCUT2D eigenvalue weighted by Crippen LogP contribution is 2.30. The fourth-order valence-electron chi connectivity index (χ4n) is 2.57. The average Bonchev–Trinajstić information content (AvgIpc) is 2.77. The Kier molecular flexibility index (Phi) is 4.11. The molecule has 3 N–H and O–H groups in total. The SMILES string of the molecule is CCc1cc(C(=O)O)cc2c(C(C)O)cn(CCO)c12. The maximum absolute atomic E-state index is 11.2. The fraction of sp³-hybridized carbons (Fsp3) is 0.400. The summed E-state index contributed by atoms with van der Waals surface area (Å²) < 4.78 is 1.88. The van der Waals surface area contributed by atoms with Crippen LogP contribution in [0.5, 0.6) is 0 Å². The molecule has 0 aliphatic rings. The van der Waals surface area contributed by atoms with Gasteiger partial charge >= 0.3 is 5.97 Å². The molecule has 0 bridgehead atoms. The first-order valence-electron chi connectivity index (χ1n) is 6.67. The zero-order valence-electron chi connectivity index (χ0n) is 11.6. The molecule has 0 amide bonds. The quantitative estimate of drug-likeness (QED) is 0.780. The third-order valence-corrected chi connectivity index (χ3v) is 3.50. The summed E-state index contributed by atoms with van der Waals surface area (Å²) in [5, 5.41) is 29.0. The molecule has 0 saturated heterocycles. The van der Waals surface area contributed by atoms with Crippen LogP contribution in [0.15, 0.2) is 18.3 Å². The van der Waals surface area contributed by atoms with Gasteiger partial charge in [-0.15, -0.1) is 0 Å². The lowest BCUT2D eigenvalue weighted by Crippen LogP contribution is -2.03. The average molecular weight is 277 g/mol. The summed E-state index contributed by atoms with van der Waals surface area (Å²) >= 11 is 0. The normalized spacial score (nSPS) is 12.8. The van der Waals surface area contributed by atoms with Crippen molar-refractivity contribution >= 4 is 16.9 Å². The predicted octanol–water partition coefficient (Wildman–Crippen LogP) is 1.95. The standard InChI is InChI=1S/C15H19NO4/c1-3-10-6-11(15(19)20)7-12-13(9(2)18)8-16(4-5-17)14(10)12/h6-9,17-18H,3-5H2,1-2H3,(H,19,20). The summed E-state index contributed by atoms with van der Waals surface area (Å²) in [7, 11) is 0. The lowest BCUT2D eigenvalue weighted by molar-refractivity contribution is 0.0697. The van der Waals surface area contributed by atoms with Gasteiger partial charge in [-0.2, -0.15) is 0 Å².